The van der Waals surface area contributed by atoms with Gasteiger partial charge in [0.15, 0.2) is 15.6 Å². The number of carbonyl (C=O) groups excluding carboxylic acids is 1. The molecule has 1 atom stereocenters. The van der Waals surface area contributed by atoms with E-state index in [1.807, 2.05) is 56.3 Å². The lowest BCUT2D eigenvalue weighted by Crippen LogP contribution is -2.26. The molecule has 3 aromatic rings. The lowest BCUT2D eigenvalue weighted by atomic mass is 10.1. The van der Waals surface area contributed by atoms with Crippen molar-refractivity contribution in [2.75, 3.05) is 0 Å². The predicted octanol–water partition coefficient (Wildman–Crippen LogP) is 4.19. The number of aryl methyl sites for hydroxylation is 1. The number of rotatable bonds is 7. The van der Waals surface area contributed by atoms with Crippen LogP contribution in [0, 0.1) is 6.92 Å². The van der Waals surface area contributed by atoms with Gasteiger partial charge in [0, 0.05) is 0 Å². The third-order valence-electron chi connectivity index (χ3n) is 4.40. The van der Waals surface area contributed by atoms with Crippen LogP contribution in [0.3, 0.4) is 0 Å². The third kappa shape index (κ3) is 5.33. The van der Waals surface area contributed by atoms with E-state index in [1.165, 1.54) is 12.1 Å². The molecule has 0 aliphatic heterocycles. The summed E-state index contributed by atoms with van der Waals surface area (Å²) in [5.41, 5.74) is 2.78. The topological polar surface area (TPSA) is 76.4 Å². The van der Waals surface area contributed by atoms with E-state index >= 15 is 0 Å². The first-order chi connectivity index (χ1) is 13.3. The summed E-state index contributed by atoms with van der Waals surface area (Å²) in [6.07, 6.45) is 0. The smallest absolute Gasteiger partial charge is 0.287 e. The molecule has 146 valence electrons. The Morgan fingerprint density at radius 2 is 1.64 bits per heavy atom. The molecule has 0 unspecified atom stereocenters. The number of carbonyl (C=O) groups is 1. The van der Waals surface area contributed by atoms with Crippen molar-refractivity contribution in [2.24, 2.45) is 0 Å². The van der Waals surface area contributed by atoms with Gasteiger partial charge in [0.2, 0.25) is 0 Å². The fourth-order valence-electron chi connectivity index (χ4n) is 2.88. The number of hydrogen-bond donors (Lipinski definition) is 1. The first-order valence-electron chi connectivity index (χ1n) is 9.03. The zero-order chi connectivity index (χ0) is 20.1. The molecule has 0 aliphatic rings. The van der Waals surface area contributed by atoms with Crippen molar-refractivity contribution >= 4 is 15.7 Å². The Bertz CT molecular complexity index is 1040. The molecule has 1 N–H and O–H groups in total. The second kappa shape index (κ2) is 8.44. The zero-order valence-electron chi connectivity index (χ0n) is 15.9. The zero-order valence-corrected chi connectivity index (χ0v) is 16.7. The molecular weight excluding hydrogens is 374 g/mol. The molecule has 0 saturated carbocycles. The molecule has 0 saturated heterocycles. The second-order valence-corrected chi connectivity index (χ2v) is 8.95. The molecule has 6 heteroatoms. The summed E-state index contributed by atoms with van der Waals surface area (Å²) in [6.45, 7) is 3.83. The predicted molar refractivity (Wildman–Crippen MR) is 109 cm³/mol. The van der Waals surface area contributed by atoms with Crippen molar-refractivity contribution in [1.29, 1.82) is 0 Å². The van der Waals surface area contributed by atoms with Gasteiger partial charge < -0.3 is 9.73 Å². The first-order valence-corrected chi connectivity index (χ1v) is 10.8. The van der Waals surface area contributed by atoms with Crippen molar-refractivity contribution in [3.8, 4) is 0 Å². The van der Waals surface area contributed by atoms with E-state index in [4.69, 9.17) is 4.42 Å². The van der Waals surface area contributed by atoms with E-state index in [2.05, 4.69) is 5.32 Å². The van der Waals surface area contributed by atoms with E-state index in [0.717, 1.165) is 16.7 Å². The van der Waals surface area contributed by atoms with Crippen LogP contribution in [-0.2, 0) is 21.3 Å². The minimum Gasteiger partial charge on any atom is -0.455 e. The highest BCUT2D eigenvalue weighted by molar-refractivity contribution is 7.89. The van der Waals surface area contributed by atoms with Crippen LogP contribution in [0.1, 0.15) is 46.0 Å². The molecule has 3 rings (SSSR count). The highest BCUT2D eigenvalue weighted by atomic mass is 32.2. The van der Waals surface area contributed by atoms with Gasteiger partial charge in [0.05, 0.1) is 11.8 Å². The largest absolute Gasteiger partial charge is 0.455 e. The average molecular weight is 397 g/mol. The number of hydrogen-bond acceptors (Lipinski definition) is 4. The van der Waals surface area contributed by atoms with E-state index in [0.29, 0.717) is 0 Å². The third-order valence-corrected chi connectivity index (χ3v) is 5.90. The van der Waals surface area contributed by atoms with Crippen molar-refractivity contribution in [3.63, 3.8) is 0 Å². The fourth-order valence-corrected chi connectivity index (χ4v) is 4.27. The Kier molecular flexibility index (Phi) is 5.99. The summed E-state index contributed by atoms with van der Waals surface area (Å²) < 4.78 is 30.4. The van der Waals surface area contributed by atoms with E-state index in [1.54, 1.807) is 12.1 Å². The van der Waals surface area contributed by atoms with Crippen LogP contribution in [0.25, 0.3) is 0 Å². The molecule has 0 radical (unpaired) electrons. The molecular formula is C22H23NO4S. The molecule has 1 aromatic heterocycles. The average Bonchev–Trinajstić information content (AvgIpc) is 3.12. The van der Waals surface area contributed by atoms with Crippen LogP contribution in [0.15, 0.2) is 71.1 Å². The van der Waals surface area contributed by atoms with E-state index < -0.39 is 9.84 Å². The Labute approximate surface area is 165 Å². The molecule has 1 heterocycles. The summed E-state index contributed by atoms with van der Waals surface area (Å²) in [5, 5.41) is 2.85. The molecule has 2 aromatic carbocycles. The maximum atomic E-state index is 12.4. The van der Waals surface area contributed by atoms with Gasteiger partial charge in [0.25, 0.3) is 5.91 Å². The van der Waals surface area contributed by atoms with E-state index in [9.17, 15) is 13.2 Å². The van der Waals surface area contributed by atoms with Crippen LogP contribution in [0.5, 0.6) is 0 Å². The fraction of sp³-hybridized carbons (Fsp3) is 0.227. The Balaban J connectivity index is 1.63. The van der Waals surface area contributed by atoms with Crippen LogP contribution in [0.4, 0.5) is 0 Å². The summed E-state index contributed by atoms with van der Waals surface area (Å²) in [6, 6.07) is 19.8. The molecule has 1 amide bonds. The highest BCUT2D eigenvalue weighted by Crippen LogP contribution is 2.17. The molecule has 0 bridgehead atoms. The molecule has 0 fully saturated rings. The normalized spacial score (nSPS) is 12.5. The number of furan rings is 1. The van der Waals surface area contributed by atoms with Crippen LogP contribution < -0.4 is 5.32 Å². The van der Waals surface area contributed by atoms with Gasteiger partial charge in [-0.15, -0.1) is 0 Å². The number of amides is 1. The van der Waals surface area contributed by atoms with E-state index in [-0.39, 0.29) is 35.0 Å². The second-order valence-electron chi connectivity index (χ2n) is 6.89. The Morgan fingerprint density at radius 3 is 2.32 bits per heavy atom. The molecule has 0 spiro atoms. The lowest BCUT2D eigenvalue weighted by molar-refractivity contribution is 0.0910. The van der Waals surface area contributed by atoms with Gasteiger partial charge in [0.1, 0.15) is 11.5 Å². The molecule has 5 nitrogen and oxygen atoms in total. The van der Waals surface area contributed by atoms with Crippen LogP contribution in [0.2, 0.25) is 0 Å². The van der Waals surface area contributed by atoms with Crippen molar-refractivity contribution in [3.05, 3.63) is 94.9 Å². The van der Waals surface area contributed by atoms with Gasteiger partial charge in [-0.25, -0.2) is 8.42 Å². The minimum atomic E-state index is -3.40. The highest BCUT2D eigenvalue weighted by Gasteiger charge is 2.19. The first kappa shape index (κ1) is 19.9. The summed E-state index contributed by atoms with van der Waals surface area (Å²) in [5.74, 6) is -0.338. The quantitative estimate of drug-likeness (QED) is 0.648. The summed E-state index contributed by atoms with van der Waals surface area (Å²) in [4.78, 5) is 12.4. The number of sulfone groups is 1. The Morgan fingerprint density at radius 1 is 0.964 bits per heavy atom. The SMILES string of the molecule is Cc1ccc(CS(=O)(=O)Cc2ccc(C(=O)N[C@H](C)c3ccccc3)o2)cc1. The van der Waals surface area contributed by atoms with Crippen molar-refractivity contribution in [2.45, 2.75) is 31.4 Å². The van der Waals surface area contributed by atoms with Gasteiger partial charge in [-0.05, 0) is 37.1 Å². The van der Waals surface area contributed by atoms with Crippen molar-refractivity contribution in [1.82, 2.24) is 5.32 Å². The number of nitrogens with one attached hydrogen (secondary N) is 1. The van der Waals surface area contributed by atoms with Gasteiger partial charge in [-0.1, -0.05) is 60.2 Å². The van der Waals surface area contributed by atoms with Crippen LogP contribution in [-0.4, -0.2) is 14.3 Å². The number of benzene rings is 2. The molecule has 28 heavy (non-hydrogen) atoms. The van der Waals surface area contributed by atoms with Gasteiger partial charge in [-0.3, -0.25) is 4.79 Å². The van der Waals surface area contributed by atoms with Gasteiger partial charge >= 0.3 is 0 Å². The standard InChI is InChI=1S/C22H23NO4S/c1-16-8-10-18(11-9-16)14-28(25,26)15-20-12-13-21(27-20)22(24)23-17(2)19-6-4-3-5-7-19/h3-13,17H,14-15H2,1-2H3,(H,23,24)/t17-/m1/s1. The summed E-state index contributed by atoms with van der Waals surface area (Å²) in [7, 11) is -3.40. The van der Waals surface area contributed by atoms with Crippen molar-refractivity contribution < 1.29 is 17.6 Å². The lowest BCUT2D eigenvalue weighted by Gasteiger charge is -2.13. The molecule has 0 aliphatic carbocycles. The maximum absolute atomic E-state index is 12.4. The summed E-state index contributed by atoms with van der Waals surface area (Å²) >= 11 is 0. The van der Waals surface area contributed by atoms with Gasteiger partial charge in [-0.2, -0.15) is 0 Å². The Hall–Kier alpha value is -2.86. The monoisotopic (exact) mass is 397 g/mol. The maximum Gasteiger partial charge on any atom is 0.287 e. The van der Waals surface area contributed by atoms with Crippen LogP contribution >= 0.6 is 0 Å². The minimum absolute atomic E-state index is 0.0689.